The van der Waals surface area contributed by atoms with Crippen molar-refractivity contribution in [2.75, 3.05) is 57.8 Å². The zero-order chi connectivity index (χ0) is 21.6. The third-order valence-corrected chi connectivity index (χ3v) is 6.11. The number of urea groups is 1. The van der Waals surface area contributed by atoms with E-state index in [-0.39, 0.29) is 11.9 Å². The van der Waals surface area contributed by atoms with E-state index in [1.165, 1.54) is 5.56 Å². The number of rotatable bonds is 4. The lowest BCUT2D eigenvalue weighted by molar-refractivity contribution is 0.0198. The maximum absolute atomic E-state index is 12.7. The molecule has 1 unspecified atom stereocenters. The molecule has 0 aromatic heterocycles. The largest absolute Gasteiger partial charge is 0.379 e. The first kappa shape index (κ1) is 21.3. The van der Waals surface area contributed by atoms with E-state index in [0.29, 0.717) is 37.8 Å². The Hall–Kier alpha value is -2.90. The second-order valence-corrected chi connectivity index (χ2v) is 8.02. The van der Waals surface area contributed by atoms with Crippen LogP contribution in [0.2, 0.25) is 0 Å². The van der Waals surface area contributed by atoms with Gasteiger partial charge in [0.1, 0.15) is 0 Å². The van der Waals surface area contributed by atoms with Crippen molar-refractivity contribution in [3.63, 3.8) is 0 Å². The number of carbonyl (C=O) groups excluding carboxylic acids is 2. The Kier molecular flexibility index (Phi) is 6.84. The van der Waals surface area contributed by atoms with Gasteiger partial charge in [-0.05, 0) is 36.8 Å². The van der Waals surface area contributed by atoms with Gasteiger partial charge >= 0.3 is 6.03 Å². The normalized spacial score (nSPS) is 18.5. The van der Waals surface area contributed by atoms with Crippen molar-refractivity contribution >= 4 is 17.6 Å². The predicted octanol–water partition coefficient (Wildman–Crippen LogP) is 3.07. The maximum Gasteiger partial charge on any atom is 0.321 e. The van der Waals surface area contributed by atoms with Crippen LogP contribution < -0.4 is 5.32 Å². The molecule has 0 spiro atoms. The summed E-state index contributed by atoms with van der Waals surface area (Å²) in [5, 5.41) is 2.98. The smallest absolute Gasteiger partial charge is 0.321 e. The summed E-state index contributed by atoms with van der Waals surface area (Å²) in [5.74, 6) is 0.0191. The topological polar surface area (TPSA) is 65.1 Å². The molecule has 7 heteroatoms. The zero-order valence-electron chi connectivity index (χ0n) is 18.0. The van der Waals surface area contributed by atoms with Gasteiger partial charge in [0.15, 0.2) is 0 Å². The summed E-state index contributed by atoms with van der Waals surface area (Å²) in [6.07, 6.45) is 0. The lowest BCUT2D eigenvalue weighted by Crippen LogP contribution is -2.51. The van der Waals surface area contributed by atoms with Crippen LogP contribution >= 0.6 is 0 Å². The van der Waals surface area contributed by atoms with E-state index in [9.17, 15) is 9.59 Å². The molecule has 1 atom stereocenters. The summed E-state index contributed by atoms with van der Waals surface area (Å²) < 4.78 is 5.43. The molecular formula is C24H30N4O3. The molecule has 2 aromatic rings. The Balaban J connectivity index is 1.27. The monoisotopic (exact) mass is 422 g/mol. The number of benzene rings is 2. The average Bonchev–Trinajstić information content (AvgIpc) is 2.85. The number of nitrogens with zero attached hydrogens (tertiary/aromatic N) is 3. The van der Waals surface area contributed by atoms with Crippen molar-refractivity contribution in [3.8, 4) is 0 Å². The second kappa shape index (κ2) is 9.94. The van der Waals surface area contributed by atoms with Gasteiger partial charge in [-0.1, -0.05) is 30.3 Å². The summed E-state index contributed by atoms with van der Waals surface area (Å²) >= 11 is 0. The highest BCUT2D eigenvalue weighted by atomic mass is 16.5. The molecule has 1 N–H and O–H groups in total. The van der Waals surface area contributed by atoms with E-state index in [1.807, 2.05) is 42.5 Å². The lowest BCUT2D eigenvalue weighted by Gasteiger charge is -2.35. The Labute approximate surface area is 183 Å². The van der Waals surface area contributed by atoms with Gasteiger partial charge in [0, 0.05) is 56.6 Å². The Morgan fingerprint density at radius 3 is 2.10 bits per heavy atom. The van der Waals surface area contributed by atoms with Gasteiger partial charge in [-0.15, -0.1) is 0 Å². The molecule has 3 amide bonds. The van der Waals surface area contributed by atoms with Crippen LogP contribution in [0, 0.1) is 0 Å². The van der Waals surface area contributed by atoms with Crippen molar-refractivity contribution < 1.29 is 14.3 Å². The standard InChI is InChI=1S/C24H30N4O3/c1-19(26-15-17-31-18-16-26)20-7-9-22(10-8-20)25-24(30)28-13-11-27(12-14-28)23(29)21-5-3-2-4-6-21/h2-10,19H,11-18H2,1H3,(H,25,30). The summed E-state index contributed by atoms with van der Waals surface area (Å²) in [4.78, 5) is 31.2. The average molecular weight is 423 g/mol. The van der Waals surface area contributed by atoms with Crippen molar-refractivity contribution in [1.29, 1.82) is 0 Å². The van der Waals surface area contributed by atoms with Crippen LogP contribution in [0.4, 0.5) is 10.5 Å². The van der Waals surface area contributed by atoms with Gasteiger partial charge in [-0.2, -0.15) is 0 Å². The molecule has 2 aromatic carbocycles. The van der Waals surface area contributed by atoms with Gasteiger partial charge in [0.2, 0.25) is 0 Å². The predicted molar refractivity (Wildman–Crippen MR) is 120 cm³/mol. The molecule has 164 valence electrons. The molecule has 7 nitrogen and oxygen atoms in total. The molecule has 0 aliphatic carbocycles. The van der Waals surface area contributed by atoms with Crippen molar-refractivity contribution in [2.24, 2.45) is 0 Å². The Morgan fingerprint density at radius 2 is 1.45 bits per heavy atom. The maximum atomic E-state index is 12.7. The van der Waals surface area contributed by atoms with Gasteiger partial charge in [-0.3, -0.25) is 9.69 Å². The van der Waals surface area contributed by atoms with E-state index in [2.05, 4.69) is 29.3 Å². The fraction of sp³-hybridized carbons (Fsp3) is 0.417. The van der Waals surface area contributed by atoms with Crippen LogP contribution in [-0.2, 0) is 4.74 Å². The fourth-order valence-corrected chi connectivity index (χ4v) is 4.10. The number of hydrogen-bond acceptors (Lipinski definition) is 4. The van der Waals surface area contributed by atoms with Crippen LogP contribution in [0.3, 0.4) is 0 Å². The van der Waals surface area contributed by atoms with E-state index < -0.39 is 0 Å². The first-order chi connectivity index (χ1) is 15.1. The number of piperazine rings is 1. The molecule has 2 saturated heterocycles. The molecule has 0 radical (unpaired) electrons. The molecular weight excluding hydrogens is 392 g/mol. The lowest BCUT2D eigenvalue weighted by atomic mass is 10.1. The number of morpholine rings is 1. The third kappa shape index (κ3) is 5.24. The summed E-state index contributed by atoms with van der Waals surface area (Å²) in [6.45, 7) is 7.78. The molecule has 2 aliphatic rings. The molecule has 4 rings (SSSR count). The highest BCUT2D eigenvalue weighted by molar-refractivity contribution is 5.94. The molecule has 31 heavy (non-hydrogen) atoms. The number of nitrogens with one attached hydrogen (secondary N) is 1. The van der Waals surface area contributed by atoms with Crippen molar-refractivity contribution in [2.45, 2.75) is 13.0 Å². The zero-order valence-corrected chi connectivity index (χ0v) is 18.0. The summed E-state index contributed by atoms with van der Waals surface area (Å²) in [7, 11) is 0. The minimum Gasteiger partial charge on any atom is -0.379 e. The molecule has 0 bridgehead atoms. The first-order valence-corrected chi connectivity index (χ1v) is 10.9. The van der Waals surface area contributed by atoms with Crippen LogP contribution in [0.15, 0.2) is 54.6 Å². The van der Waals surface area contributed by atoms with Gasteiger partial charge < -0.3 is 19.9 Å². The second-order valence-electron chi connectivity index (χ2n) is 8.02. The minimum atomic E-state index is -0.124. The van der Waals surface area contributed by atoms with Gasteiger partial charge in [-0.25, -0.2) is 4.79 Å². The van der Waals surface area contributed by atoms with E-state index in [1.54, 1.807) is 9.80 Å². The van der Waals surface area contributed by atoms with Gasteiger partial charge in [0.05, 0.1) is 13.2 Å². The highest BCUT2D eigenvalue weighted by Crippen LogP contribution is 2.23. The number of amides is 3. The van der Waals surface area contributed by atoms with Gasteiger partial charge in [0.25, 0.3) is 5.91 Å². The summed E-state index contributed by atoms with van der Waals surface area (Å²) in [6, 6.07) is 17.5. The van der Waals surface area contributed by atoms with Crippen LogP contribution in [0.5, 0.6) is 0 Å². The van der Waals surface area contributed by atoms with Crippen LogP contribution in [0.1, 0.15) is 28.9 Å². The minimum absolute atomic E-state index is 0.0191. The number of anilines is 1. The van der Waals surface area contributed by atoms with E-state index in [4.69, 9.17) is 4.74 Å². The first-order valence-electron chi connectivity index (χ1n) is 10.9. The quantitative estimate of drug-likeness (QED) is 0.823. The third-order valence-electron chi connectivity index (χ3n) is 6.11. The number of ether oxygens (including phenoxy) is 1. The van der Waals surface area contributed by atoms with Crippen LogP contribution in [-0.4, -0.2) is 79.1 Å². The molecule has 2 fully saturated rings. The van der Waals surface area contributed by atoms with E-state index in [0.717, 1.165) is 32.0 Å². The summed E-state index contributed by atoms with van der Waals surface area (Å²) in [5.41, 5.74) is 2.70. The molecule has 2 aliphatic heterocycles. The highest BCUT2D eigenvalue weighted by Gasteiger charge is 2.25. The van der Waals surface area contributed by atoms with Crippen molar-refractivity contribution in [3.05, 3.63) is 65.7 Å². The SMILES string of the molecule is CC(c1ccc(NC(=O)N2CCN(C(=O)c3ccccc3)CC2)cc1)N1CCOCC1. The fourth-order valence-electron chi connectivity index (χ4n) is 4.10. The van der Waals surface area contributed by atoms with E-state index >= 15 is 0 Å². The molecule has 2 heterocycles. The molecule has 0 saturated carbocycles. The number of hydrogen-bond donors (Lipinski definition) is 1. The van der Waals surface area contributed by atoms with Crippen LogP contribution in [0.25, 0.3) is 0 Å². The van der Waals surface area contributed by atoms with Crippen molar-refractivity contribution in [1.82, 2.24) is 14.7 Å². The number of carbonyl (C=O) groups is 2. The Bertz CT molecular complexity index is 873. The Morgan fingerprint density at radius 1 is 0.839 bits per heavy atom.